The van der Waals surface area contributed by atoms with Crippen molar-refractivity contribution in [1.82, 2.24) is 4.57 Å². The largest absolute Gasteiger partial charge is 0.309 e. The summed E-state index contributed by atoms with van der Waals surface area (Å²) < 4.78 is 2.40. The van der Waals surface area contributed by atoms with Gasteiger partial charge in [0.15, 0.2) is 0 Å². The van der Waals surface area contributed by atoms with E-state index in [2.05, 4.69) is 157 Å². The van der Waals surface area contributed by atoms with Crippen LogP contribution in [0.1, 0.15) is 5.56 Å². The number of aryl methyl sites for hydroxylation is 1. The van der Waals surface area contributed by atoms with Crippen molar-refractivity contribution in [2.45, 2.75) is 6.92 Å². The van der Waals surface area contributed by atoms with Crippen molar-refractivity contribution in [2.75, 3.05) is 0 Å². The Morgan fingerprint density at radius 1 is 0.368 bits per heavy atom. The van der Waals surface area contributed by atoms with Crippen LogP contribution in [0.4, 0.5) is 0 Å². The van der Waals surface area contributed by atoms with Crippen LogP contribution >= 0.6 is 0 Å². The molecule has 7 rings (SSSR count). The molecule has 0 aliphatic carbocycles. The summed E-state index contributed by atoms with van der Waals surface area (Å²) in [5.41, 5.74) is 12.3. The van der Waals surface area contributed by atoms with Crippen molar-refractivity contribution in [2.24, 2.45) is 0 Å². The molecular weight excluding hydrogens is 458 g/mol. The van der Waals surface area contributed by atoms with Crippen LogP contribution < -0.4 is 0 Å². The fourth-order valence-electron chi connectivity index (χ4n) is 5.51. The number of fused-ring (bicyclic) bond motifs is 3. The molecule has 38 heavy (non-hydrogen) atoms. The Bertz CT molecular complexity index is 1880. The van der Waals surface area contributed by atoms with Crippen LogP contribution in [0.25, 0.3) is 60.9 Å². The lowest BCUT2D eigenvalue weighted by molar-refractivity contribution is 1.18. The molecule has 0 N–H and O–H groups in total. The summed E-state index contributed by atoms with van der Waals surface area (Å²) in [5, 5.41) is 2.57. The third-order valence-electron chi connectivity index (χ3n) is 7.48. The first-order valence-electron chi connectivity index (χ1n) is 13.1. The van der Waals surface area contributed by atoms with Gasteiger partial charge in [-0.1, -0.05) is 121 Å². The number of hydrogen-bond acceptors (Lipinski definition) is 0. The molecule has 1 nitrogen and oxygen atoms in total. The van der Waals surface area contributed by atoms with E-state index in [1.54, 1.807) is 0 Å². The van der Waals surface area contributed by atoms with E-state index < -0.39 is 0 Å². The van der Waals surface area contributed by atoms with Gasteiger partial charge in [0.25, 0.3) is 0 Å². The van der Waals surface area contributed by atoms with Crippen LogP contribution in [0.3, 0.4) is 0 Å². The summed E-state index contributed by atoms with van der Waals surface area (Å²) in [6.07, 6.45) is 0. The molecule has 0 fully saturated rings. The van der Waals surface area contributed by atoms with Crippen molar-refractivity contribution in [3.05, 3.63) is 151 Å². The summed E-state index contributed by atoms with van der Waals surface area (Å²) in [6.45, 7) is 2.17. The van der Waals surface area contributed by atoms with E-state index in [9.17, 15) is 0 Å². The van der Waals surface area contributed by atoms with Crippen molar-refractivity contribution in [3.63, 3.8) is 0 Å². The van der Waals surface area contributed by atoms with Crippen LogP contribution in [0.15, 0.2) is 146 Å². The summed E-state index contributed by atoms with van der Waals surface area (Å²) >= 11 is 0. The van der Waals surface area contributed by atoms with Gasteiger partial charge in [0.05, 0.1) is 11.0 Å². The molecule has 0 unspecified atom stereocenters. The number of nitrogens with zero attached hydrogens (tertiary/aromatic N) is 1. The Balaban J connectivity index is 1.32. The second-order valence-corrected chi connectivity index (χ2v) is 9.94. The van der Waals surface area contributed by atoms with Gasteiger partial charge < -0.3 is 4.57 Å². The average Bonchev–Trinajstić information content (AvgIpc) is 3.31. The minimum atomic E-state index is 1.17. The Morgan fingerprint density at radius 3 is 1.47 bits per heavy atom. The molecule has 1 heteroatoms. The Morgan fingerprint density at radius 2 is 0.868 bits per heavy atom. The van der Waals surface area contributed by atoms with Gasteiger partial charge in [0, 0.05) is 16.5 Å². The summed E-state index contributed by atoms with van der Waals surface area (Å²) in [7, 11) is 0. The van der Waals surface area contributed by atoms with E-state index in [0.29, 0.717) is 0 Å². The maximum absolute atomic E-state index is 2.40. The van der Waals surface area contributed by atoms with Gasteiger partial charge in [-0.25, -0.2) is 0 Å². The summed E-state index contributed by atoms with van der Waals surface area (Å²) in [4.78, 5) is 0. The molecule has 7 aromatic rings. The number of aromatic nitrogens is 1. The number of rotatable bonds is 4. The average molecular weight is 486 g/mol. The molecule has 0 saturated carbocycles. The minimum absolute atomic E-state index is 1.17. The zero-order valence-electron chi connectivity index (χ0n) is 21.3. The van der Waals surface area contributed by atoms with Gasteiger partial charge in [-0.3, -0.25) is 0 Å². The molecule has 0 radical (unpaired) electrons. The fourth-order valence-corrected chi connectivity index (χ4v) is 5.51. The van der Waals surface area contributed by atoms with E-state index in [1.807, 2.05) is 0 Å². The lowest BCUT2D eigenvalue weighted by atomic mass is 10.0. The molecule has 0 saturated heterocycles. The first-order valence-corrected chi connectivity index (χ1v) is 13.1. The predicted molar refractivity (Wildman–Crippen MR) is 162 cm³/mol. The van der Waals surface area contributed by atoms with E-state index in [-0.39, 0.29) is 0 Å². The lowest BCUT2D eigenvalue weighted by Crippen LogP contribution is -1.94. The van der Waals surface area contributed by atoms with E-state index >= 15 is 0 Å². The molecule has 0 amide bonds. The second-order valence-electron chi connectivity index (χ2n) is 9.94. The van der Waals surface area contributed by atoms with Gasteiger partial charge in [-0.05, 0) is 70.6 Å². The first-order chi connectivity index (χ1) is 18.7. The Labute approximate surface area is 223 Å². The van der Waals surface area contributed by atoms with Crippen molar-refractivity contribution < 1.29 is 0 Å². The number of hydrogen-bond donors (Lipinski definition) is 0. The molecule has 0 bridgehead atoms. The molecule has 6 aromatic carbocycles. The van der Waals surface area contributed by atoms with Gasteiger partial charge in [0.2, 0.25) is 0 Å². The molecule has 0 aliphatic rings. The topological polar surface area (TPSA) is 4.93 Å². The van der Waals surface area contributed by atoms with Crippen LogP contribution in [0, 0.1) is 6.92 Å². The summed E-state index contributed by atoms with van der Waals surface area (Å²) in [6, 6.07) is 52.6. The normalized spacial score (nSPS) is 11.3. The van der Waals surface area contributed by atoms with Gasteiger partial charge >= 0.3 is 0 Å². The van der Waals surface area contributed by atoms with E-state index in [1.165, 1.54) is 66.4 Å². The zero-order chi connectivity index (χ0) is 25.5. The minimum Gasteiger partial charge on any atom is -0.309 e. The highest BCUT2D eigenvalue weighted by Gasteiger charge is 2.14. The molecule has 0 atom stereocenters. The smallest absolute Gasteiger partial charge is 0.0547 e. The fraction of sp³-hybridized carbons (Fsp3) is 0.0270. The van der Waals surface area contributed by atoms with Crippen LogP contribution in [0.2, 0.25) is 0 Å². The lowest BCUT2D eigenvalue weighted by Gasteiger charge is -2.11. The van der Waals surface area contributed by atoms with Crippen LogP contribution in [-0.4, -0.2) is 4.57 Å². The molecule has 0 aliphatic heterocycles. The maximum atomic E-state index is 2.40. The standard InChI is InChI=1S/C37H27N/c1-26-12-23-36-35(24-26)34-22-19-32(28-10-6-3-7-11-28)25-37(34)38(36)33-20-17-31(18-21-33)30-15-13-29(14-16-30)27-8-4-2-5-9-27/h2-25H,1H3. The molecular formula is C37H27N. The monoisotopic (exact) mass is 485 g/mol. The SMILES string of the molecule is Cc1ccc2c(c1)c1ccc(-c3ccccc3)cc1n2-c1ccc(-c2ccc(-c3ccccc3)cc2)cc1. The Kier molecular flexibility index (Phi) is 5.41. The highest BCUT2D eigenvalue weighted by Crippen LogP contribution is 2.36. The van der Waals surface area contributed by atoms with Crippen LogP contribution in [-0.2, 0) is 0 Å². The van der Waals surface area contributed by atoms with E-state index in [0.717, 1.165) is 0 Å². The molecule has 1 heterocycles. The van der Waals surface area contributed by atoms with Gasteiger partial charge in [-0.15, -0.1) is 0 Å². The van der Waals surface area contributed by atoms with Crippen LogP contribution in [0.5, 0.6) is 0 Å². The van der Waals surface area contributed by atoms with Gasteiger partial charge in [-0.2, -0.15) is 0 Å². The third-order valence-corrected chi connectivity index (χ3v) is 7.48. The van der Waals surface area contributed by atoms with Gasteiger partial charge in [0.1, 0.15) is 0 Å². The molecule has 1 aromatic heterocycles. The Hall–Kier alpha value is -4.88. The van der Waals surface area contributed by atoms with Crippen molar-refractivity contribution in [1.29, 1.82) is 0 Å². The molecule has 180 valence electrons. The third kappa shape index (κ3) is 3.90. The molecule has 0 spiro atoms. The first kappa shape index (κ1) is 22.3. The highest BCUT2D eigenvalue weighted by atomic mass is 15.0. The highest BCUT2D eigenvalue weighted by molar-refractivity contribution is 6.10. The van der Waals surface area contributed by atoms with Crippen molar-refractivity contribution in [3.8, 4) is 39.1 Å². The zero-order valence-corrected chi connectivity index (χ0v) is 21.3. The van der Waals surface area contributed by atoms with E-state index in [4.69, 9.17) is 0 Å². The maximum Gasteiger partial charge on any atom is 0.0547 e. The van der Waals surface area contributed by atoms with Crippen molar-refractivity contribution >= 4 is 21.8 Å². The predicted octanol–water partition coefficient (Wildman–Crippen LogP) is 10.1. The second kappa shape index (κ2) is 9.21. The number of benzene rings is 6. The quantitative estimate of drug-likeness (QED) is 0.234. The summed E-state index contributed by atoms with van der Waals surface area (Å²) in [5.74, 6) is 0.